The Morgan fingerprint density at radius 3 is 2.60 bits per heavy atom. The topological polar surface area (TPSA) is 56.7 Å². The van der Waals surface area contributed by atoms with Crippen LogP contribution in [-0.4, -0.2) is 47.6 Å². The number of halogens is 2. The molecule has 1 aromatic heterocycles. The Morgan fingerprint density at radius 2 is 2.00 bits per heavy atom. The number of likely N-dealkylation sites (tertiary alicyclic amines) is 1. The highest BCUT2D eigenvalue weighted by Crippen LogP contribution is 2.34. The van der Waals surface area contributed by atoms with Crippen molar-refractivity contribution in [2.24, 2.45) is 0 Å². The zero-order valence-corrected chi connectivity index (χ0v) is 14.0. The van der Waals surface area contributed by atoms with Gasteiger partial charge in [-0.3, -0.25) is 4.79 Å². The highest BCUT2D eigenvalue weighted by atomic mass is 19.2. The Balaban J connectivity index is 1.87. The van der Waals surface area contributed by atoms with Gasteiger partial charge in [0, 0.05) is 26.8 Å². The number of nitrogens with zero attached hydrogens (tertiary/aromatic N) is 3. The van der Waals surface area contributed by atoms with Gasteiger partial charge in [-0.05, 0) is 36.2 Å². The van der Waals surface area contributed by atoms with Crippen LogP contribution < -0.4 is 4.90 Å². The van der Waals surface area contributed by atoms with Gasteiger partial charge in [0.05, 0.1) is 17.7 Å². The number of hydrogen-bond donors (Lipinski definition) is 1. The van der Waals surface area contributed by atoms with Crippen molar-refractivity contribution in [3.05, 3.63) is 59.3 Å². The Bertz CT molecular complexity index is 780. The number of aromatic nitrogens is 1. The molecule has 1 aliphatic heterocycles. The summed E-state index contributed by atoms with van der Waals surface area (Å²) in [6, 6.07) is 6.43. The number of pyridine rings is 1. The number of aliphatic hydroxyl groups is 1. The second-order valence-corrected chi connectivity index (χ2v) is 6.34. The van der Waals surface area contributed by atoms with E-state index in [2.05, 4.69) is 4.98 Å². The fourth-order valence-corrected chi connectivity index (χ4v) is 3.02. The van der Waals surface area contributed by atoms with Crippen LogP contribution in [0, 0.1) is 11.6 Å². The van der Waals surface area contributed by atoms with Crippen LogP contribution in [-0.2, 0) is 0 Å². The minimum absolute atomic E-state index is 0.137. The van der Waals surface area contributed by atoms with Crippen LogP contribution in [0.2, 0.25) is 0 Å². The molecular formula is C18H19F2N3O2. The van der Waals surface area contributed by atoms with Crippen LogP contribution in [0.4, 0.5) is 14.6 Å². The molecular weight excluding hydrogens is 328 g/mol. The van der Waals surface area contributed by atoms with Crippen molar-refractivity contribution < 1.29 is 18.7 Å². The molecule has 25 heavy (non-hydrogen) atoms. The molecule has 1 amide bonds. The van der Waals surface area contributed by atoms with E-state index in [1.165, 1.54) is 17.2 Å². The summed E-state index contributed by atoms with van der Waals surface area (Å²) in [5.74, 6) is -1.49. The normalized spacial score (nSPS) is 20.0. The van der Waals surface area contributed by atoms with Crippen molar-refractivity contribution in [3.8, 4) is 0 Å². The smallest absolute Gasteiger partial charge is 0.256 e. The molecule has 0 unspecified atom stereocenters. The summed E-state index contributed by atoms with van der Waals surface area (Å²) in [6.45, 7) is 0.137. The largest absolute Gasteiger partial charge is 0.391 e. The van der Waals surface area contributed by atoms with Gasteiger partial charge in [0.1, 0.15) is 5.82 Å². The highest BCUT2D eigenvalue weighted by molar-refractivity contribution is 5.94. The predicted molar refractivity (Wildman–Crippen MR) is 89.3 cm³/mol. The lowest BCUT2D eigenvalue weighted by molar-refractivity contribution is 0.0715. The summed E-state index contributed by atoms with van der Waals surface area (Å²) in [5, 5.41) is 9.98. The summed E-state index contributed by atoms with van der Waals surface area (Å²) in [5.41, 5.74) is 0.842. The van der Waals surface area contributed by atoms with Gasteiger partial charge < -0.3 is 14.9 Å². The number of anilines is 1. The monoisotopic (exact) mass is 347 g/mol. The number of carbonyl (C=O) groups is 1. The number of carbonyl (C=O) groups excluding carboxylic acids is 1. The SMILES string of the molecule is CN(C)c1ccc(C(=O)N2C[C@@H](O)C[C@@H]2c2ccc(F)c(F)c2)cn1. The molecule has 2 heterocycles. The van der Waals surface area contributed by atoms with Gasteiger partial charge >= 0.3 is 0 Å². The van der Waals surface area contributed by atoms with E-state index in [4.69, 9.17) is 0 Å². The van der Waals surface area contributed by atoms with E-state index in [0.717, 1.165) is 18.0 Å². The Labute approximate surface area is 144 Å². The van der Waals surface area contributed by atoms with Gasteiger partial charge in [-0.1, -0.05) is 6.07 Å². The van der Waals surface area contributed by atoms with Crippen molar-refractivity contribution in [1.82, 2.24) is 9.88 Å². The van der Waals surface area contributed by atoms with Gasteiger partial charge in [-0.2, -0.15) is 0 Å². The Kier molecular flexibility index (Phi) is 4.67. The molecule has 0 radical (unpaired) electrons. The van der Waals surface area contributed by atoms with E-state index < -0.39 is 23.8 Å². The first-order valence-electron chi connectivity index (χ1n) is 7.94. The number of amides is 1. The standard InChI is InChI=1S/C18H19F2N3O2/c1-22(2)17-6-4-12(9-21-17)18(25)23-10-13(24)8-16(23)11-3-5-14(19)15(20)7-11/h3-7,9,13,16,24H,8,10H2,1-2H3/t13-,16+/m0/s1. The van der Waals surface area contributed by atoms with Crippen LogP contribution in [0.25, 0.3) is 0 Å². The van der Waals surface area contributed by atoms with Crippen molar-refractivity contribution in [2.75, 3.05) is 25.5 Å². The fraction of sp³-hybridized carbons (Fsp3) is 0.333. The molecule has 0 spiro atoms. The molecule has 1 N–H and O–H groups in total. The first kappa shape index (κ1) is 17.3. The molecule has 1 aromatic carbocycles. The van der Waals surface area contributed by atoms with E-state index >= 15 is 0 Å². The molecule has 132 valence electrons. The van der Waals surface area contributed by atoms with Gasteiger partial charge in [0.2, 0.25) is 0 Å². The van der Waals surface area contributed by atoms with E-state index in [1.54, 1.807) is 12.1 Å². The maximum absolute atomic E-state index is 13.5. The van der Waals surface area contributed by atoms with Crippen LogP contribution >= 0.6 is 0 Å². The molecule has 0 saturated carbocycles. The first-order valence-corrected chi connectivity index (χ1v) is 7.94. The van der Waals surface area contributed by atoms with E-state index in [9.17, 15) is 18.7 Å². The first-order chi connectivity index (χ1) is 11.9. The minimum Gasteiger partial charge on any atom is -0.391 e. The maximum atomic E-state index is 13.5. The maximum Gasteiger partial charge on any atom is 0.256 e. The summed E-state index contributed by atoms with van der Waals surface area (Å²) in [7, 11) is 3.69. The highest BCUT2D eigenvalue weighted by Gasteiger charge is 2.36. The van der Waals surface area contributed by atoms with Gasteiger partial charge in [0.25, 0.3) is 5.91 Å². The third-order valence-electron chi connectivity index (χ3n) is 4.32. The third kappa shape index (κ3) is 3.46. The molecule has 7 heteroatoms. The molecule has 5 nitrogen and oxygen atoms in total. The molecule has 2 aromatic rings. The number of aliphatic hydroxyl groups excluding tert-OH is 1. The van der Waals surface area contributed by atoms with Crippen LogP contribution in [0.1, 0.15) is 28.4 Å². The van der Waals surface area contributed by atoms with Crippen LogP contribution in [0.15, 0.2) is 36.5 Å². The van der Waals surface area contributed by atoms with Gasteiger partial charge in [-0.25, -0.2) is 13.8 Å². The Hall–Kier alpha value is -2.54. The van der Waals surface area contributed by atoms with Crippen molar-refractivity contribution in [1.29, 1.82) is 0 Å². The minimum atomic E-state index is -0.969. The molecule has 1 aliphatic rings. The Morgan fingerprint density at radius 1 is 1.24 bits per heavy atom. The van der Waals surface area contributed by atoms with Gasteiger partial charge in [-0.15, -0.1) is 0 Å². The lowest BCUT2D eigenvalue weighted by Gasteiger charge is -2.25. The van der Waals surface area contributed by atoms with E-state index in [0.29, 0.717) is 11.1 Å². The van der Waals surface area contributed by atoms with E-state index in [1.807, 2.05) is 19.0 Å². The van der Waals surface area contributed by atoms with Crippen molar-refractivity contribution in [2.45, 2.75) is 18.6 Å². The summed E-state index contributed by atoms with van der Waals surface area (Å²) >= 11 is 0. The van der Waals surface area contributed by atoms with Crippen molar-refractivity contribution >= 4 is 11.7 Å². The quantitative estimate of drug-likeness (QED) is 0.926. The van der Waals surface area contributed by atoms with Crippen LogP contribution in [0.3, 0.4) is 0 Å². The summed E-state index contributed by atoms with van der Waals surface area (Å²) < 4.78 is 26.7. The molecule has 3 rings (SSSR count). The predicted octanol–water partition coefficient (Wildman–Crippen LogP) is 2.37. The molecule has 1 fully saturated rings. The molecule has 2 atom stereocenters. The van der Waals surface area contributed by atoms with Crippen molar-refractivity contribution in [3.63, 3.8) is 0 Å². The zero-order chi connectivity index (χ0) is 18.1. The van der Waals surface area contributed by atoms with E-state index in [-0.39, 0.29) is 18.9 Å². The summed E-state index contributed by atoms with van der Waals surface area (Å²) in [6.07, 6.45) is 1.04. The number of benzene rings is 1. The van der Waals surface area contributed by atoms with Gasteiger partial charge in [0.15, 0.2) is 11.6 Å². The second kappa shape index (κ2) is 6.76. The number of hydrogen-bond acceptors (Lipinski definition) is 4. The third-order valence-corrected chi connectivity index (χ3v) is 4.32. The molecule has 0 aliphatic carbocycles. The molecule has 1 saturated heterocycles. The molecule has 0 bridgehead atoms. The lowest BCUT2D eigenvalue weighted by atomic mass is 10.0. The fourth-order valence-electron chi connectivity index (χ4n) is 3.02. The summed E-state index contributed by atoms with van der Waals surface area (Å²) in [4.78, 5) is 20.3. The average Bonchev–Trinajstić information content (AvgIpc) is 2.98. The lowest BCUT2D eigenvalue weighted by Crippen LogP contribution is -2.32. The zero-order valence-electron chi connectivity index (χ0n) is 14.0. The average molecular weight is 347 g/mol. The van der Waals surface area contributed by atoms with Crippen LogP contribution in [0.5, 0.6) is 0 Å². The second-order valence-electron chi connectivity index (χ2n) is 6.34. The number of β-amino-alcohol motifs (C(OH)–C–C–N with tert-alkyl or cyclic N) is 1. The number of rotatable bonds is 3.